The highest BCUT2D eigenvalue weighted by Gasteiger charge is 2.08. The van der Waals surface area contributed by atoms with Crippen LogP contribution in [0.3, 0.4) is 0 Å². The average molecular weight is 339 g/mol. The first-order valence-corrected chi connectivity index (χ1v) is 7.83. The predicted molar refractivity (Wildman–Crippen MR) is 90.8 cm³/mol. The van der Waals surface area contributed by atoms with Crippen LogP contribution in [0.4, 0.5) is 5.88 Å². The summed E-state index contributed by atoms with van der Waals surface area (Å²) in [5.74, 6) is 0.118. The Morgan fingerprint density at radius 2 is 2.04 bits per heavy atom. The van der Waals surface area contributed by atoms with Crippen LogP contribution in [-0.2, 0) is 11.3 Å². The fourth-order valence-electron chi connectivity index (χ4n) is 2.30. The van der Waals surface area contributed by atoms with Crippen molar-refractivity contribution in [3.63, 3.8) is 0 Å². The van der Waals surface area contributed by atoms with Crippen molar-refractivity contribution in [2.24, 2.45) is 0 Å². The molecule has 0 aliphatic heterocycles. The van der Waals surface area contributed by atoms with Gasteiger partial charge in [0.25, 0.3) is 5.56 Å². The molecule has 0 spiro atoms. The largest absolute Gasteiger partial charge is 0.338 e. The standard InChI is InChI=1S/C17H17N5O3/c1-12-11-16(25-21-12)19-15(23)3-2-10-22-17(24)5-4-14(20-22)13-6-8-18-9-7-13/h4-9,11H,2-3,10H2,1H3,(H,19,23). The topological polar surface area (TPSA) is 103 Å². The molecule has 1 N–H and O–H groups in total. The van der Waals surface area contributed by atoms with E-state index in [1.165, 1.54) is 10.7 Å². The molecule has 0 atom stereocenters. The second-order valence-corrected chi connectivity index (χ2v) is 5.50. The number of anilines is 1. The number of nitrogens with one attached hydrogen (secondary N) is 1. The molecule has 8 heteroatoms. The van der Waals surface area contributed by atoms with Crippen LogP contribution in [0.25, 0.3) is 11.3 Å². The molecule has 0 fully saturated rings. The molecule has 0 saturated carbocycles. The van der Waals surface area contributed by atoms with Crippen molar-refractivity contribution < 1.29 is 9.32 Å². The van der Waals surface area contributed by atoms with Gasteiger partial charge in [-0.3, -0.25) is 19.9 Å². The van der Waals surface area contributed by atoms with Crippen molar-refractivity contribution in [1.82, 2.24) is 19.9 Å². The second kappa shape index (κ2) is 7.52. The predicted octanol–water partition coefficient (Wildman–Crippen LogP) is 2.02. The molecule has 0 bridgehead atoms. The first kappa shape index (κ1) is 16.6. The van der Waals surface area contributed by atoms with Gasteiger partial charge >= 0.3 is 0 Å². The van der Waals surface area contributed by atoms with E-state index in [0.717, 1.165) is 5.56 Å². The number of hydrogen-bond acceptors (Lipinski definition) is 6. The smallest absolute Gasteiger partial charge is 0.266 e. The highest BCUT2D eigenvalue weighted by molar-refractivity contribution is 5.89. The first-order chi connectivity index (χ1) is 12.1. The van der Waals surface area contributed by atoms with E-state index in [2.05, 4.69) is 20.6 Å². The third-order valence-corrected chi connectivity index (χ3v) is 3.51. The van der Waals surface area contributed by atoms with E-state index < -0.39 is 0 Å². The van der Waals surface area contributed by atoms with Gasteiger partial charge in [0.2, 0.25) is 11.8 Å². The van der Waals surface area contributed by atoms with E-state index in [4.69, 9.17) is 4.52 Å². The Morgan fingerprint density at radius 1 is 1.24 bits per heavy atom. The van der Waals surface area contributed by atoms with Gasteiger partial charge in [-0.15, -0.1) is 0 Å². The SMILES string of the molecule is Cc1cc(NC(=O)CCCn2nc(-c3ccncc3)ccc2=O)on1. The zero-order valence-corrected chi connectivity index (χ0v) is 13.7. The second-order valence-electron chi connectivity index (χ2n) is 5.50. The van der Waals surface area contributed by atoms with Gasteiger partial charge in [0.05, 0.1) is 11.4 Å². The molecule has 3 rings (SSSR count). The number of aromatic nitrogens is 4. The Hall–Kier alpha value is -3.29. The minimum absolute atomic E-state index is 0.200. The molecule has 0 aliphatic rings. The van der Waals surface area contributed by atoms with Gasteiger partial charge in [-0.05, 0) is 31.5 Å². The molecule has 0 unspecified atom stereocenters. The average Bonchev–Trinajstić information content (AvgIpc) is 3.02. The van der Waals surface area contributed by atoms with Crippen molar-refractivity contribution >= 4 is 11.8 Å². The summed E-state index contributed by atoms with van der Waals surface area (Å²) >= 11 is 0. The lowest BCUT2D eigenvalue weighted by atomic mass is 10.2. The third-order valence-electron chi connectivity index (χ3n) is 3.51. The van der Waals surface area contributed by atoms with Crippen molar-refractivity contribution in [2.75, 3.05) is 5.32 Å². The van der Waals surface area contributed by atoms with Crippen LogP contribution in [0.1, 0.15) is 18.5 Å². The summed E-state index contributed by atoms with van der Waals surface area (Å²) in [7, 11) is 0. The Labute approximate surface area is 143 Å². The van der Waals surface area contributed by atoms with Gasteiger partial charge in [0, 0.05) is 43.1 Å². The number of carbonyl (C=O) groups is 1. The highest BCUT2D eigenvalue weighted by Crippen LogP contribution is 2.13. The van der Waals surface area contributed by atoms with E-state index in [9.17, 15) is 9.59 Å². The van der Waals surface area contributed by atoms with Crippen LogP contribution in [0.5, 0.6) is 0 Å². The number of amides is 1. The van der Waals surface area contributed by atoms with Crippen molar-refractivity contribution in [2.45, 2.75) is 26.3 Å². The van der Waals surface area contributed by atoms with Crippen molar-refractivity contribution in [3.05, 3.63) is 58.8 Å². The van der Waals surface area contributed by atoms with E-state index in [0.29, 0.717) is 30.2 Å². The van der Waals surface area contributed by atoms with E-state index in [1.807, 2.05) is 12.1 Å². The lowest BCUT2D eigenvalue weighted by Crippen LogP contribution is -2.23. The number of pyridine rings is 1. The summed E-state index contributed by atoms with van der Waals surface area (Å²) in [6.45, 7) is 2.12. The van der Waals surface area contributed by atoms with E-state index in [1.54, 1.807) is 31.5 Å². The number of rotatable bonds is 6. The summed E-state index contributed by atoms with van der Waals surface area (Å²) in [6.07, 6.45) is 4.06. The van der Waals surface area contributed by atoms with Crippen LogP contribution in [-0.4, -0.2) is 25.8 Å². The molecular weight excluding hydrogens is 322 g/mol. The maximum Gasteiger partial charge on any atom is 0.266 e. The normalized spacial score (nSPS) is 10.6. The molecule has 1 amide bonds. The number of carbonyl (C=O) groups excluding carboxylic acids is 1. The maximum atomic E-state index is 11.9. The van der Waals surface area contributed by atoms with Crippen LogP contribution >= 0.6 is 0 Å². The minimum atomic E-state index is -0.205. The highest BCUT2D eigenvalue weighted by atomic mass is 16.5. The van der Waals surface area contributed by atoms with E-state index >= 15 is 0 Å². The number of aryl methyl sites for hydroxylation is 2. The van der Waals surface area contributed by atoms with Gasteiger partial charge < -0.3 is 4.52 Å². The molecule has 25 heavy (non-hydrogen) atoms. The molecular formula is C17H17N5O3. The summed E-state index contributed by atoms with van der Waals surface area (Å²) in [6, 6.07) is 8.43. The third kappa shape index (κ3) is 4.37. The molecule has 3 aromatic rings. The molecule has 0 aromatic carbocycles. The summed E-state index contributed by atoms with van der Waals surface area (Å²) < 4.78 is 6.29. The van der Waals surface area contributed by atoms with Gasteiger partial charge in [0.1, 0.15) is 0 Å². The lowest BCUT2D eigenvalue weighted by molar-refractivity contribution is -0.116. The van der Waals surface area contributed by atoms with Crippen LogP contribution in [0.2, 0.25) is 0 Å². The monoisotopic (exact) mass is 339 g/mol. The fraction of sp³-hybridized carbons (Fsp3) is 0.235. The number of hydrogen-bond donors (Lipinski definition) is 1. The van der Waals surface area contributed by atoms with Crippen LogP contribution < -0.4 is 10.9 Å². The summed E-state index contributed by atoms with van der Waals surface area (Å²) in [4.78, 5) is 27.8. The zero-order chi connectivity index (χ0) is 17.6. The summed E-state index contributed by atoms with van der Waals surface area (Å²) in [5, 5.41) is 10.7. The van der Waals surface area contributed by atoms with Crippen molar-refractivity contribution in [1.29, 1.82) is 0 Å². The van der Waals surface area contributed by atoms with Gasteiger partial charge in [-0.2, -0.15) is 5.10 Å². The minimum Gasteiger partial charge on any atom is -0.338 e. The van der Waals surface area contributed by atoms with Crippen LogP contribution in [0.15, 0.2) is 52.0 Å². The molecule has 3 heterocycles. The van der Waals surface area contributed by atoms with Gasteiger partial charge in [-0.25, -0.2) is 4.68 Å². The zero-order valence-electron chi connectivity index (χ0n) is 13.7. The molecule has 0 saturated heterocycles. The van der Waals surface area contributed by atoms with E-state index in [-0.39, 0.29) is 17.9 Å². The summed E-state index contributed by atoms with van der Waals surface area (Å²) in [5.41, 5.74) is 2.05. The maximum absolute atomic E-state index is 11.9. The molecule has 0 aliphatic carbocycles. The number of nitrogens with zero attached hydrogens (tertiary/aromatic N) is 4. The van der Waals surface area contributed by atoms with Gasteiger partial charge in [0.15, 0.2) is 0 Å². The quantitative estimate of drug-likeness (QED) is 0.737. The Kier molecular flexibility index (Phi) is 4.98. The Bertz CT molecular complexity index is 917. The van der Waals surface area contributed by atoms with Crippen molar-refractivity contribution in [3.8, 4) is 11.3 Å². The van der Waals surface area contributed by atoms with Crippen LogP contribution in [0, 0.1) is 6.92 Å². The Morgan fingerprint density at radius 3 is 2.76 bits per heavy atom. The lowest BCUT2D eigenvalue weighted by Gasteiger charge is -2.07. The first-order valence-electron chi connectivity index (χ1n) is 7.83. The Balaban J connectivity index is 1.59. The van der Waals surface area contributed by atoms with Gasteiger partial charge in [-0.1, -0.05) is 5.16 Å². The molecule has 8 nitrogen and oxygen atoms in total. The molecule has 128 valence electrons. The molecule has 0 radical (unpaired) electrons. The fourth-order valence-corrected chi connectivity index (χ4v) is 2.30. The molecule has 3 aromatic heterocycles.